The molecule has 180 valence electrons. The molecule has 4 atom stereocenters. The van der Waals surface area contributed by atoms with Crippen LogP contribution >= 0.6 is 12.2 Å². The van der Waals surface area contributed by atoms with Crippen molar-refractivity contribution < 1.29 is 24.5 Å². The van der Waals surface area contributed by atoms with Crippen molar-refractivity contribution in [3.63, 3.8) is 0 Å². The van der Waals surface area contributed by atoms with E-state index in [1.807, 2.05) is 0 Å². The summed E-state index contributed by atoms with van der Waals surface area (Å²) >= 11 is 5.33. The first-order valence-corrected chi connectivity index (χ1v) is 12.4. The summed E-state index contributed by atoms with van der Waals surface area (Å²) in [7, 11) is 0. The zero-order chi connectivity index (χ0) is 23.1. The number of aliphatic hydroxyl groups excluding tert-OH is 2. The number of unbranched alkanes of at least 4 members (excludes halogenated alkanes) is 4. The van der Waals surface area contributed by atoms with Crippen LogP contribution in [0.1, 0.15) is 95.3 Å². The van der Waals surface area contributed by atoms with Gasteiger partial charge in [-0.3, -0.25) is 19.1 Å². The van der Waals surface area contributed by atoms with Crippen molar-refractivity contribution in [1.82, 2.24) is 9.55 Å². The molecule has 0 bridgehead atoms. The first-order valence-electron chi connectivity index (χ1n) is 12.0. The summed E-state index contributed by atoms with van der Waals surface area (Å²) in [4.78, 5) is 27.5. The molecular weight excluding hydrogens is 432 g/mol. The highest BCUT2D eigenvalue weighted by Crippen LogP contribution is 2.34. The molecule has 8 nitrogen and oxygen atoms in total. The van der Waals surface area contributed by atoms with Crippen LogP contribution in [-0.2, 0) is 14.3 Å². The number of aromatic amines is 1. The zero-order valence-corrected chi connectivity index (χ0v) is 19.6. The Balaban J connectivity index is 1.71. The molecule has 32 heavy (non-hydrogen) atoms. The Morgan fingerprint density at radius 2 is 1.97 bits per heavy atom. The van der Waals surface area contributed by atoms with Crippen molar-refractivity contribution in [2.75, 3.05) is 6.61 Å². The van der Waals surface area contributed by atoms with E-state index in [-0.39, 0.29) is 22.7 Å². The molecular formula is C23H36N2O6S. The lowest BCUT2D eigenvalue weighted by atomic mass is 9.85. The Morgan fingerprint density at radius 1 is 1.25 bits per heavy atom. The van der Waals surface area contributed by atoms with Gasteiger partial charge in [-0.25, -0.2) is 0 Å². The number of nitrogens with zero attached hydrogens (tertiary/aromatic N) is 1. The minimum Gasteiger partial charge on any atom is -0.457 e. The summed E-state index contributed by atoms with van der Waals surface area (Å²) in [5, 5.41) is 20.7. The molecule has 0 spiro atoms. The monoisotopic (exact) mass is 468 g/mol. The standard InChI is InChI=1S/C23H36N2O6S/c1-2-3-4-5-9-12-18(27)31-20-17(14-26)30-22(19(20)28)25-13-16(21(29)24-23(25)32)15-10-7-6-8-11-15/h13,15,17,19-20,22,26,28H,2-12,14H2,1H3,(H,24,29,32)/t17-,19+,20-,22-/m1/s1. The summed E-state index contributed by atoms with van der Waals surface area (Å²) in [6, 6.07) is 0. The van der Waals surface area contributed by atoms with E-state index in [1.54, 1.807) is 6.20 Å². The van der Waals surface area contributed by atoms with Crippen LogP contribution in [0.4, 0.5) is 0 Å². The second-order valence-corrected chi connectivity index (χ2v) is 9.33. The summed E-state index contributed by atoms with van der Waals surface area (Å²) in [6.45, 7) is 1.72. The molecule has 2 fully saturated rings. The van der Waals surface area contributed by atoms with Crippen molar-refractivity contribution in [3.8, 4) is 0 Å². The summed E-state index contributed by atoms with van der Waals surface area (Å²) < 4.78 is 13.0. The van der Waals surface area contributed by atoms with E-state index in [2.05, 4.69) is 11.9 Å². The number of H-pyrrole nitrogens is 1. The van der Waals surface area contributed by atoms with Gasteiger partial charge in [0, 0.05) is 18.2 Å². The fourth-order valence-corrected chi connectivity index (χ4v) is 4.97. The molecule has 1 saturated carbocycles. The Hall–Kier alpha value is -1.55. The number of ether oxygens (including phenoxy) is 2. The molecule has 0 unspecified atom stereocenters. The highest BCUT2D eigenvalue weighted by atomic mass is 32.1. The number of aromatic nitrogens is 2. The smallest absolute Gasteiger partial charge is 0.306 e. The van der Waals surface area contributed by atoms with Crippen molar-refractivity contribution in [2.24, 2.45) is 0 Å². The maximum absolute atomic E-state index is 12.5. The fourth-order valence-electron chi connectivity index (χ4n) is 4.72. The SMILES string of the molecule is CCCCCCCC(=O)O[C@H]1[C@H](O)[C@H](n2cc(C3CCCCC3)c(=O)[nH]c2=S)O[C@@H]1CO. The molecule has 1 aromatic rings. The zero-order valence-electron chi connectivity index (χ0n) is 18.8. The highest BCUT2D eigenvalue weighted by molar-refractivity contribution is 7.71. The first kappa shape index (κ1) is 25.1. The first-order chi connectivity index (χ1) is 15.5. The largest absolute Gasteiger partial charge is 0.457 e. The number of carbonyl (C=O) groups excluding carboxylic acids is 1. The van der Waals surface area contributed by atoms with Gasteiger partial charge in [0.05, 0.1) is 6.61 Å². The topological polar surface area (TPSA) is 114 Å². The van der Waals surface area contributed by atoms with Gasteiger partial charge in [-0.1, -0.05) is 51.9 Å². The molecule has 1 aliphatic carbocycles. The van der Waals surface area contributed by atoms with Crippen LogP contribution < -0.4 is 5.56 Å². The molecule has 0 radical (unpaired) electrons. The Kier molecular flexibility index (Phi) is 9.46. The molecule has 1 aromatic heterocycles. The molecule has 0 aromatic carbocycles. The molecule has 1 saturated heterocycles. The van der Waals surface area contributed by atoms with Gasteiger partial charge in [0.15, 0.2) is 17.1 Å². The molecule has 3 rings (SSSR count). The quantitative estimate of drug-likeness (QED) is 0.274. The van der Waals surface area contributed by atoms with Gasteiger partial charge in [-0.05, 0) is 37.4 Å². The van der Waals surface area contributed by atoms with Gasteiger partial charge < -0.3 is 19.7 Å². The minimum absolute atomic E-state index is 0.123. The number of aliphatic hydroxyl groups is 2. The van der Waals surface area contributed by atoms with E-state index >= 15 is 0 Å². The van der Waals surface area contributed by atoms with E-state index in [0.717, 1.165) is 57.8 Å². The van der Waals surface area contributed by atoms with Crippen LogP contribution in [0.25, 0.3) is 0 Å². The van der Waals surface area contributed by atoms with Crippen LogP contribution in [0.2, 0.25) is 0 Å². The molecule has 0 amide bonds. The Labute approximate surface area is 194 Å². The maximum Gasteiger partial charge on any atom is 0.306 e. The molecule has 3 N–H and O–H groups in total. The molecule has 1 aliphatic heterocycles. The number of esters is 1. The summed E-state index contributed by atoms with van der Waals surface area (Å²) in [5.74, 6) is -0.274. The lowest BCUT2D eigenvalue weighted by Crippen LogP contribution is -2.38. The molecule has 9 heteroatoms. The van der Waals surface area contributed by atoms with Crippen molar-refractivity contribution >= 4 is 18.2 Å². The van der Waals surface area contributed by atoms with E-state index < -0.39 is 37.1 Å². The third kappa shape index (κ3) is 6.07. The summed E-state index contributed by atoms with van der Waals surface area (Å²) in [6.07, 6.45) is 8.11. The fraction of sp³-hybridized carbons (Fsp3) is 0.783. The summed E-state index contributed by atoms with van der Waals surface area (Å²) in [5.41, 5.74) is 0.414. The second-order valence-electron chi connectivity index (χ2n) is 8.94. The maximum atomic E-state index is 12.5. The van der Waals surface area contributed by atoms with Gasteiger partial charge in [-0.15, -0.1) is 0 Å². The van der Waals surface area contributed by atoms with Crippen molar-refractivity contribution in [2.45, 2.75) is 108 Å². The number of hydrogen-bond donors (Lipinski definition) is 3. The van der Waals surface area contributed by atoms with E-state index in [4.69, 9.17) is 21.7 Å². The Bertz CT molecular complexity index is 863. The molecule has 2 heterocycles. The highest BCUT2D eigenvalue weighted by Gasteiger charge is 2.47. The van der Waals surface area contributed by atoms with Gasteiger partial charge in [0.2, 0.25) is 0 Å². The molecule has 2 aliphatic rings. The number of hydrogen-bond acceptors (Lipinski definition) is 7. The average Bonchev–Trinajstić information content (AvgIpc) is 3.09. The van der Waals surface area contributed by atoms with Gasteiger partial charge >= 0.3 is 5.97 Å². The van der Waals surface area contributed by atoms with Crippen molar-refractivity contribution in [3.05, 3.63) is 26.9 Å². The van der Waals surface area contributed by atoms with E-state index in [9.17, 15) is 19.8 Å². The van der Waals surface area contributed by atoms with Gasteiger partial charge in [-0.2, -0.15) is 0 Å². The predicted molar refractivity (Wildman–Crippen MR) is 122 cm³/mol. The van der Waals surface area contributed by atoms with Crippen LogP contribution in [-0.4, -0.2) is 50.7 Å². The normalized spacial score (nSPS) is 26.3. The average molecular weight is 469 g/mol. The van der Waals surface area contributed by atoms with Gasteiger partial charge in [0.1, 0.15) is 12.2 Å². The number of carbonyl (C=O) groups is 1. The third-order valence-electron chi connectivity index (χ3n) is 6.56. The van der Waals surface area contributed by atoms with Gasteiger partial charge in [0.25, 0.3) is 5.56 Å². The number of nitrogens with one attached hydrogen (secondary N) is 1. The van der Waals surface area contributed by atoms with E-state index in [1.165, 1.54) is 11.0 Å². The lowest BCUT2D eigenvalue weighted by molar-refractivity contribution is -0.156. The van der Waals surface area contributed by atoms with Crippen LogP contribution in [0.5, 0.6) is 0 Å². The van der Waals surface area contributed by atoms with Crippen LogP contribution in [0.15, 0.2) is 11.0 Å². The van der Waals surface area contributed by atoms with Crippen molar-refractivity contribution in [1.29, 1.82) is 0 Å². The van der Waals surface area contributed by atoms with Crippen LogP contribution in [0, 0.1) is 4.77 Å². The predicted octanol–water partition coefficient (Wildman–Crippen LogP) is 3.48. The minimum atomic E-state index is -1.21. The second kappa shape index (κ2) is 12.1. The third-order valence-corrected chi connectivity index (χ3v) is 6.87. The lowest BCUT2D eigenvalue weighted by Gasteiger charge is -2.24. The number of rotatable bonds is 10. The van der Waals surface area contributed by atoms with Crippen LogP contribution in [0.3, 0.4) is 0 Å². The Morgan fingerprint density at radius 3 is 2.66 bits per heavy atom. The van der Waals surface area contributed by atoms with E-state index in [0.29, 0.717) is 5.56 Å².